The second-order valence-electron chi connectivity index (χ2n) is 6.57. The first-order valence-corrected chi connectivity index (χ1v) is 8.49. The molecule has 0 radical (unpaired) electrons. The van der Waals surface area contributed by atoms with Gasteiger partial charge in [0.2, 0.25) is 5.82 Å². The van der Waals surface area contributed by atoms with Crippen LogP contribution in [0.4, 0.5) is 15.8 Å². The quantitative estimate of drug-likeness (QED) is 0.463. The van der Waals surface area contributed by atoms with Crippen LogP contribution in [0.5, 0.6) is 0 Å². The van der Waals surface area contributed by atoms with Crippen molar-refractivity contribution in [3.63, 3.8) is 0 Å². The van der Waals surface area contributed by atoms with Crippen LogP contribution in [0, 0.1) is 15.9 Å². The van der Waals surface area contributed by atoms with Crippen molar-refractivity contribution in [3.8, 4) is 0 Å². The average molecular weight is 387 g/mol. The molecule has 2 aromatic rings. The smallest absolute Gasteiger partial charge is 0.313 e. The normalized spacial score (nSPS) is 14.2. The molecule has 28 heavy (non-hydrogen) atoms. The number of rotatable bonds is 5. The predicted octanol–water partition coefficient (Wildman–Crippen LogP) is 1.97. The molecule has 0 aliphatic heterocycles. The molecule has 2 N–H and O–H groups in total. The van der Waals surface area contributed by atoms with E-state index in [1.807, 2.05) is 24.3 Å². The van der Waals surface area contributed by atoms with Crippen LogP contribution in [0.3, 0.4) is 0 Å². The van der Waals surface area contributed by atoms with Crippen molar-refractivity contribution in [2.75, 3.05) is 19.0 Å². The molecular weight excluding hydrogens is 369 g/mol. The lowest BCUT2D eigenvalue weighted by Crippen LogP contribution is -2.48. The van der Waals surface area contributed by atoms with Crippen LogP contribution in [0.15, 0.2) is 42.5 Å². The molecule has 3 rings (SSSR count). The van der Waals surface area contributed by atoms with E-state index in [2.05, 4.69) is 10.6 Å². The van der Waals surface area contributed by atoms with Crippen molar-refractivity contribution in [1.82, 2.24) is 5.32 Å². The molecule has 0 fully saturated rings. The Labute approximate surface area is 159 Å². The fourth-order valence-corrected chi connectivity index (χ4v) is 3.24. The van der Waals surface area contributed by atoms with Gasteiger partial charge >= 0.3 is 17.5 Å². The van der Waals surface area contributed by atoms with Gasteiger partial charge in [0.1, 0.15) is 0 Å². The number of amides is 2. The Morgan fingerprint density at radius 2 is 1.82 bits per heavy atom. The minimum Gasteiger partial charge on any atom is -0.376 e. The van der Waals surface area contributed by atoms with Gasteiger partial charge in [-0.15, -0.1) is 0 Å². The summed E-state index contributed by atoms with van der Waals surface area (Å²) in [4.78, 5) is 34.1. The summed E-state index contributed by atoms with van der Waals surface area (Å²) in [5.41, 5.74) is 0.764. The van der Waals surface area contributed by atoms with E-state index in [4.69, 9.17) is 4.74 Å². The largest absolute Gasteiger partial charge is 0.376 e. The van der Waals surface area contributed by atoms with Gasteiger partial charge in [-0.3, -0.25) is 19.7 Å². The van der Waals surface area contributed by atoms with Crippen molar-refractivity contribution in [2.24, 2.45) is 0 Å². The van der Waals surface area contributed by atoms with Crippen molar-refractivity contribution < 1.29 is 23.6 Å². The van der Waals surface area contributed by atoms with Gasteiger partial charge < -0.3 is 15.4 Å². The Hall–Kier alpha value is -3.33. The van der Waals surface area contributed by atoms with E-state index in [1.165, 1.54) is 0 Å². The highest BCUT2D eigenvalue weighted by atomic mass is 19.1. The second-order valence-corrected chi connectivity index (χ2v) is 6.57. The Balaban J connectivity index is 1.61. The zero-order valence-electron chi connectivity index (χ0n) is 15.0. The number of carbonyl (C=O) groups excluding carboxylic acids is 2. The fourth-order valence-electron chi connectivity index (χ4n) is 3.24. The number of nitrogens with one attached hydrogen (secondary N) is 2. The highest BCUT2D eigenvalue weighted by Gasteiger charge is 2.38. The minimum absolute atomic E-state index is 0.0528. The third-order valence-electron chi connectivity index (χ3n) is 4.75. The van der Waals surface area contributed by atoms with Gasteiger partial charge in [-0.1, -0.05) is 24.3 Å². The van der Waals surface area contributed by atoms with Crippen LogP contribution in [-0.4, -0.2) is 36.0 Å². The van der Waals surface area contributed by atoms with E-state index in [0.29, 0.717) is 12.8 Å². The monoisotopic (exact) mass is 387 g/mol. The molecule has 1 aliphatic carbocycles. The molecule has 0 atom stereocenters. The summed E-state index contributed by atoms with van der Waals surface area (Å²) in [5, 5.41) is 15.5. The van der Waals surface area contributed by atoms with E-state index in [1.54, 1.807) is 7.11 Å². The van der Waals surface area contributed by atoms with Crippen LogP contribution in [-0.2, 0) is 27.2 Å². The summed E-state index contributed by atoms with van der Waals surface area (Å²) in [6.07, 6.45) is 1.21. The molecule has 0 unspecified atom stereocenters. The molecule has 0 bridgehead atoms. The molecule has 2 aromatic carbocycles. The first-order valence-electron chi connectivity index (χ1n) is 8.49. The van der Waals surface area contributed by atoms with Crippen LogP contribution in [0.1, 0.15) is 11.1 Å². The van der Waals surface area contributed by atoms with Crippen LogP contribution in [0.25, 0.3) is 0 Å². The Bertz CT molecular complexity index is 922. The molecule has 0 heterocycles. The summed E-state index contributed by atoms with van der Waals surface area (Å²) in [6.45, 7) is 0.119. The Morgan fingerprint density at radius 3 is 2.39 bits per heavy atom. The lowest BCUT2D eigenvalue weighted by molar-refractivity contribution is -0.387. The molecule has 0 saturated carbocycles. The molecular formula is C19H18FN3O5. The number of nitro groups is 1. The second kappa shape index (κ2) is 7.73. The van der Waals surface area contributed by atoms with Crippen molar-refractivity contribution in [1.29, 1.82) is 0 Å². The van der Waals surface area contributed by atoms with E-state index in [9.17, 15) is 24.1 Å². The number of halogens is 1. The maximum absolute atomic E-state index is 13.4. The van der Waals surface area contributed by atoms with Crippen molar-refractivity contribution in [2.45, 2.75) is 18.4 Å². The summed E-state index contributed by atoms with van der Waals surface area (Å²) in [7, 11) is 1.55. The maximum atomic E-state index is 13.4. The summed E-state index contributed by atoms with van der Waals surface area (Å²) in [6, 6.07) is 10.7. The van der Waals surface area contributed by atoms with Gasteiger partial charge in [0.15, 0.2) is 0 Å². The number of ether oxygens (including phenoxy) is 1. The highest BCUT2D eigenvalue weighted by Crippen LogP contribution is 2.32. The number of hydrogen-bond donors (Lipinski definition) is 2. The van der Waals surface area contributed by atoms with E-state index < -0.39 is 33.8 Å². The van der Waals surface area contributed by atoms with E-state index >= 15 is 0 Å². The topological polar surface area (TPSA) is 111 Å². The lowest BCUT2D eigenvalue weighted by Gasteiger charge is -2.27. The molecule has 2 amide bonds. The molecule has 1 aliphatic rings. The van der Waals surface area contributed by atoms with E-state index in [0.717, 1.165) is 29.3 Å². The first kappa shape index (κ1) is 19.4. The number of benzene rings is 2. The molecule has 146 valence electrons. The summed E-state index contributed by atoms with van der Waals surface area (Å²) >= 11 is 0. The van der Waals surface area contributed by atoms with Crippen molar-refractivity contribution in [3.05, 3.63) is 69.5 Å². The van der Waals surface area contributed by atoms with Crippen molar-refractivity contribution >= 4 is 23.2 Å². The Kier molecular flexibility index (Phi) is 5.36. The van der Waals surface area contributed by atoms with Gasteiger partial charge in [0.25, 0.3) is 0 Å². The number of hydrogen-bond acceptors (Lipinski definition) is 5. The fraction of sp³-hybridized carbons (Fsp3) is 0.263. The third-order valence-corrected chi connectivity index (χ3v) is 4.75. The predicted molar refractivity (Wildman–Crippen MR) is 98.3 cm³/mol. The molecule has 0 spiro atoms. The zero-order chi connectivity index (χ0) is 20.3. The summed E-state index contributed by atoms with van der Waals surface area (Å²) < 4.78 is 19.0. The number of carbonyl (C=O) groups is 2. The number of methoxy groups -OCH3 is 1. The molecule has 0 saturated heterocycles. The summed E-state index contributed by atoms with van der Waals surface area (Å²) in [5.74, 6) is -2.96. The minimum atomic E-state index is -1.03. The van der Waals surface area contributed by atoms with Crippen LogP contribution < -0.4 is 10.6 Å². The van der Waals surface area contributed by atoms with Gasteiger partial charge in [-0.2, -0.15) is 4.39 Å². The molecule has 0 aromatic heterocycles. The molecule has 9 heteroatoms. The van der Waals surface area contributed by atoms with Gasteiger partial charge in [-0.05, 0) is 23.3 Å². The number of anilines is 1. The number of nitrogens with zero attached hydrogens (tertiary/aromatic N) is 1. The first-order chi connectivity index (χ1) is 13.3. The number of fused-ring (bicyclic) bond motifs is 1. The lowest BCUT2D eigenvalue weighted by atomic mass is 10.00. The zero-order valence-corrected chi connectivity index (χ0v) is 15.0. The standard InChI is InChI=1S/C19H18FN3O5/c1-28-19(9-12-4-2-3-5-13(12)10-19)11-21-17(24)18(25)22-14-6-7-15(20)16(8-14)23(26)27/h2-8H,9-11H2,1H3,(H,21,24)(H,22,25). The molecule has 8 nitrogen and oxygen atoms in total. The van der Waals surface area contributed by atoms with Gasteiger partial charge in [-0.25, -0.2) is 0 Å². The maximum Gasteiger partial charge on any atom is 0.313 e. The van der Waals surface area contributed by atoms with Crippen LogP contribution >= 0.6 is 0 Å². The third kappa shape index (κ3) is 3.99. The van der Waals surface area contributed by atoms with Gasteiger partial charge in [0, 0.05) is 38.2 Å². The average Bonchev–Trinajstić information content (AvgIpc) is 3.06. The van der Waals surface area contributed by atoms with Gasteiger partial charge in [0.05, 0.1) is 10.5 Å². The van der Waals surface area contributed by atoms with Crippen LogP contribution in [0.2, 0.25) is 0 Å². The highest BCUT2D eigenvalue weighted by molar-refractivity contribution is 6.39. The Morgan fingerprint density at radius 1 is 1.18 bits per heavy atom. The van der Waals surface area contributed by atoms with E-state index in [-0.39, 0.29) is 12.2 Å². The SMILES string of the molecule is COC1(CNC(=O)C(=O)Nc2ccc(F)c([N+](=O)[O-])c2)Cc2ccccc2C1. The number of nitro benzene ring substituents is 1.